The second-order valence-electron chi connectivity index (χ2n) is 8.15. The van der Waals surface area contributed by atoms with Gasteiger partial charge in [-0.2, -0.15) is 0 Å². The fraction of sp³-hybridized carbons (Fsp3) is 0.400. The third kappa shape index (κ3) is 8.78. The normalized spacial score (nSPS) is 14.9. The van der Waals surface area contributed by atoms with Crippen LogP contribution in [0.1, 0.15) is 24.8 Å². The number of aliphatic carboxylic acids is 1. The second-order valence-corrected chi connectivity index (χ2v) is 8.59. The van der Waals surface area contributed by atoms with Gasteiger partial charge in [0, 0.05) is 30.6 Å². The Hall–Kier alpha value is -2.94. The Morgan fingerprint density at radius 3 is 2.47 bits per heavy atom. The van der Waals surface area contributed by atoms with Gasteiger partial charge in [0.15, 0.2) is 0 Å². The van der Waals surface area contributed by atoms with E-state index < -0.39 is 23.9 Å². The van der Waals surface area contributed by atoms with E-state index in [9.17, 15) is 14.4 Å². The molecule has 0 spiro atoms. The molecule has 2 N–H and O–H groups in total. The summed E-state index contributed by atoms with van der Waals surface area (Å²) < 4.78 is 10.7. The van der Waals surface area contributed by atoms with Crippen LogP contribution in [0.3, 0.4) is 0 Å². The maximum Gasteiger partial charge on any atom is 0.309 e. The first-order valence-corrected chi connectivity index (χ1v) is 11.6. The summed E-state index contributed by atoms with van der Waals surface area (Å²) in [5.74, 6) is -1.89. The van der Waals surface area contributed by atoms with Crippen LogP contribution in [0.15, 0.2) is 48.5 Å². The van der Waals surface area contributed by atoms with Gasteiger partial charge >= 0.3 is 11.9 Å². The van der Waals surface area contributed by atoms with E-state index >= 15 is 0 Å². The highest BCUT2D eigenvalue weighted by Crippen LogP contribution is 2.23. The van der Waals surface area contributed by atoms with Crippen molar-refractivity contribution in [3.63, 3.8) is 0 Å². The summed E-state index contributed by atoms with van der Waals surface area (Å²) in [5, 5.41) is 12.3. The number of benzene rings is 2. The molecule has 0 aromatic heterocycles. The van der Waals surface area contributed by atoms with Crippen molar-refractivity contribution < 1.29 is 29.0 Å². The molecule has 1 heterocycles. The summed E-state index contributed by atoms with van der Waals surface area (Å²) in [5.41, 5.74) is 2.91. The second kappa shape index (κ2) is 13.1. The number of ether oxygens (including phenoxy) is 2. The van der Waals surface area contributed by atoms with Crippen LogP contribution in [0.2, 0.25) is 5.02 Å². The van der Waals surface area contributed by atoms with Crippen LogP contribution in [0.5, 0.6) is 0 Å². The number of nitrogens with one attached hydrogen (secondary N) is 1. The van der Waals surface area contributed by atoms with Crippen LogP contribution in [-0.2, 0) is 30.3 Å². The smallest absolute Gasteiger partial charge is 0.309 e. The highest BCUT2D eigenvalue weighted by molar-refractivity contribution is 6.30. The molecule has 0 bridgehead atoms. The number of carboxylic acids is 1. The van der Waals surface area contributed by atoms with Gasteiger partial charge < -0.3 is 19.9 Å². The van der Waals surface area contributed by atoms with Gasteiger partial charge in [-0.05, 0) is 35.2 Å². The van der Waals surface area contributed by atoms with Gasteiger partial charge in [0.1, 0.15) is 6.73 Å². The fourth-order valence-electron chi connectivity index (χ4n) is 3.63. The lowest BCUT2D eigenvalue weighted by molar-refractivity contribution is -0.151. The van der Waals surface area contributed by atoms with Crippen LogP contribution in [0.4, 0.5) is 0 Å². The van der Waals surface area contributed by atoms with Crippen molar-refractivity contribution in [1.29, 1.82) is 0 Å². The van der Waals surface area contributed by atoms with E-state index in [2.05, 4.69) is 5.32 Å². The monoisotopic (exact) mass is 488 g/mol. The standard InChI is InChI=1S/C25H29ClN2O6/c26-21-3-1-2-20(15-21)19-6-4-18(5-7-19)14-22(27-23(29)8-9-24(30)31)16-25(32)34-17-28-10-12-33-13-11-28/h1-7,15,22H,8-14,16-17H2,(H,27,29)(H,30,31)/t22-/m1/s1. The van der Waals surface area contributed by atoms with Gasteiger partial charge in [-0.15, -0.1) is 0 Å². The number of morpholine rings is 1. The lowest BCUT2D eigenvalue weighted by atomic mass is 9.99. The molecule has 0 unspecified atom stereocenters. The lowest BCUT2D eigenvalue weighted by Crippen LogP contribution is -2.41. The molecular formula is C25H29ClN2O6. The Kier molecular flexibility index (Phi) is 9.88. The number of carboxylic acid groups (broad SMARTS) is 1. The number of nitrogens with zero attached hydrogens (tertiary/aromatic N) is 1. The highest BCUT2D eigenvalue weighted by atomic mass is 35.5. The average Bonchev–Trinajstić information content (AvgIpc) is 2.82. The molecule has 1 aliphatic rings. The quantitative estimate of drug-likeness (QED) is 0.468. The van der Waals surface area contributed by atoms with Crippen LogP contribution < -0.4 is 5.32 Å². The number of hydrogen-bond donors (Lipinski definition) is 2. The number of halogens is 1. The number of rotatable bonds is 11. The molecule has 1 atom stereocenters. The predicted molar refractivity (Wildman–Crippen MR) is 127 cm³/mol. The van der Waals surface area contributed by atoms with E-state index in [1.807, 2.05) is 53.4 Å². The van der Waals surface area contributed by atoms with E-state index in [1.165, 1.54) is 0 Å². The Balaban J connectivity index is 1.61. The number of carbonyl (C=O) groups is 3. The van der Waals surface area contributed by atoms with Gasteiger partial charge in [0.05, 0.1) is 26.1 Å². The Bertz CT molecular complexity index is 976. The Morgan fingerprint density at radius 2 is 1.79 bits per heavy atom. The van der Waals surface area contributed by atoms with E-state index in [1.54, 1.807) is 0 Å². The molecule has 1 fully saturated rings. The highest BCUT2D eigenvalue weighted by Gasteiger charge is 2.20. The van der Waals surface area contributed by atoms with Crippen molar-refractivity contribution in [2.45, 2.75) is 31.7 Å². The molecule has 1 amide bonds. The van der Waals surface area contributed by atoms with Crippen molar-refractivity contribution in [3.05, 3.63) is 59.1 Å². The van der Waals surface area contributed by atoms with Crippen LogP contribution in [0.25, 0.3) is 11.1 Å². The molecule has 0 aliphatic carbocycles. The maximum absolute atomic E-state index is 12.5. The van der Waals surface area contributed by atoms with E-state index in [0.29, 0.717) is 37.7 Å². The molecule has 2 aromatic carbocycles. The molecule has 1 aliphatic heterocycles. The minimum atomic E-state index is -1.05. The average molecular weight is 489 g/mol. The van der Waals surface area contributed by atoms with E-state index in [4.69, 9.17) is 26.2 Å². The van der Waals surface area contributed by atoms with Crippen LogP contribution >= 0.6 is 11.6 Å². The molecule has 1 saturated heterocycles. The molecule has 8 nitrogen and oxygen atoms in total. The minimum Gasteiger partial charge on any atom is -0.481 e. The predicted octanol–water partition coefficient (Wildman–Crippen LogP) is 3.12. The number of hydrogen-bond acceptors (Lipinski definition) is 6. The number of amides is 1. The fourth-order valence-corrected chi connectivity index (χ4v) is 3.82. The third-order valence-electron chi connectivity index (χ3n) is 5.45. The lowest BCUT2D eigenvalue weighted by Gasteiger charge is -2.26. The van der Waals surface area contributed by atoms with Crippen molar-refractivity contribution in [1.82, 2.24) is 10.2 Å². The number of esters is 1. The van der Waals surface area contributed by atoms with Crippen LogP contribution in [-0.4, -0.2) is 66.9 Å². The largest absolute Gasteiger partial charge is 0.481 e. The van der Waals surface area contributed by atoms with Crippen molar-refractivity contribution in [3.8, 4) is 11.1 Å². The van der Waals surface area contributed by atoms with Crippen molar-refractivity contribution in [2.75, 3.05) is 33.0 Å². The van der Waals surface area contributed by atoms with Gasteiger partial charge in [-0.25, -0.2) is 0 Å². The van der Waals surface area contributed by atoms with Gasteiger partial charge in [-0.3, -0.25) is 19.3 Å². The molecule has 0 radical (unpaired) electrons. The zero-order valence-corrected chi connectivity index (χ0v) is 19.6. The molecule has 34 heavy (non-hydrogen) atoms. The Labute approximate surface area is 203 Å². The van der Waals surface area contributed by atoms with Gasteiger partial charge in [-0.1, -0.05) is 48.0 Å². The third-order valence-corrected chi connectivity index (χ3v) is 5.69. The summed E-state index contributed by atoms with van der Waals surface area (Å²) in [6.07, 6.45) is -0.0305. The first-order chi connectivity index (χ1) is 16.4. The zero-order chi connectivity index (χ0) is 24.3. The first-order valence-electron chi connectivity index (χ1n) is 11.2. The van der Waals surface area contributed by atoms with Gasteiger partial charge in [0.2, 0.25) is 5.91 Å². The summed E-state index contributed by atoms with van der Waals surface area (Å²) in [6.45, 7) is 2.77. The molecule has 3 rings (SSSR count). The topological polar surface area (TPSA) is 105 Å². The van der Waals surface area contributed by atoms with Crippen molar-refractivity contribution >= 4 is 29.4 Å². The molecule has 9 heteroatoms. The first kappa shape index (κ1) is 25.7. The summed E-state index contributed by atoms with van der Waals surface area (Å²) >= 11 is 6.08. The molecular weight excluding hydrogens is 460 g/mol. The number of carbonyl (C=O) groups excluding carboxylic acids is 2. The molecule has 2 aromatic rings. The van der Waals surface area contributed by atoms with Crippen molar-refractivity contribution in [2.24, 2.45) is 0 Å². The summed E-state index contributed by atoms with van der Waals surface area (Å²) in [6, 6.07) is 14.8. The summed E-state index contributed by atoms with van der Waals surface area (Å²) in [4.78, 5) is 37.5. The zero-order valence-electron chi connectivity index (χ0n) is 18.9. The maximum atomic E-state index is 12.5. The molecule has 0 saturated carbocycles. The van der Waals surface area contributed by atoms with Crippen LogP contribution in [0, 0.1) is 0 Å². The van der Waals surface area contributed by atoms with Gasteiger partial charge in [0.25, 0.3) is 0 Å². The Morgan fingerprint density at radius 1 is 1.06 bits per heavy atom. The summed E-state index contributed by atoms with van der Waals surface area (Å²) in [7, 11) is 0. The minimum absolute atomic E-state index is 0.0147. The SMILES string of the molecule is O=C(O)CCC(=O)N[C@@H](CC(=O)OCN1CCOCC1)Cc1ccc(-c2cccc(Cl)c2)cc1. The van der Waals surface area contributed by atoms with E-state index in [0.717, 1.165) is 16.7 Å². The van der Waals surface area contributed by atoms with E-state index in [-0.39, 0.29) is 26.0 Å². The molecule has 182 valence electrons.